The molecule has 1 aliphatic heterocycles. The van der Waals surface area contributed by atoms with E-state index in [4.69, 9.17) is 4.74 Å². The lowest BCUT2D eigenvalue weighted by molar-refractivity contribution is -0.155. The fourth-order valence-corrected chi connectivity index (χ4v) is 3.30. The van der Waals surface area contributed by atoms with E-state index in [1.165, 1.54) is 11.1 Å². The second-order valence-corrected chi connectivity index (χ2v) is 8.20. The molecule has 0 bridgehead atoms. The van der Waals surface area contributed by atoms with E-state index >= 15 is 0 Å². The van der Waals surface area contributed by atoms with Crippen LogP contribution in [0.1, 0.15) is 43.9 Å². The summed E-state index contributed by atoms with van der Waals surface area (Å²) in [6.45, 7) is 9.99. The van der Waals surface area contributed by atoms with Crippen LogP contribution in [0, 0.1) is 6.92 Å². The number of phenolic OH excluding ortho intramolecular Hbond substituents is 1. The minimum Gasteiger partial charge on any atom is -0.508 e. The number of esters is 1. The van der Waals surface area contributed by atoms with Gasteiger partial charge in [-0.2, -0.15) is 0 Å². The predicted molar refractivity (Wildman–Crippen MR) is 106 cm³/mol. The molecule has 0 saturated carbocycles. The monoisotopic (exact) mass is 368 g/mol. The van der Waals surface area contributed by atoms with Crippen LogP contribution in [-0.4, -0.2) is 39.7 Å². The summed E-state index contributed by atoms with van der Waals surface area (Å²) in [6.07, 6.45) is 3.29. The van der Waals surface area contributed by atoms with Crippen molar-refractivity contribution >= 4 is 5.97 Å². The molecule has 0 unspecified atom stereocenters. The SMILES string of the molecule is Cc1cc(-c2cc3c(cn2)CN(CCC(=O)OC(C)(C)C)CC3)ccc1O. The highest BCUT2D eigenvalue weighted by Crippen LogP contribution is 2.27. The molecule has 5 heteroatoms. The topological polar surface area (TPSA) is 62.7 Å². The number of pyridine rings is 1. The van der Waals surface area contributed by atoms with Crippen molar-refractivity contribution in [1.82, 2.24) is 9.88 Å². The number of phenols is 1. The number of ether oxygens (including phenoxy) is 1. The molecule has 5 nitrogen and oxygen atoms in total. The van der Waals surface area contributed by atoms with E-state index in [1.807, 2.05) is 46.0 Å². The van der Waals surface area contributed by atoms with Crippen LogP contribution in [0.5, 0.6) is 5.75 Å². The van der Waals surface area contributed by atoms with Crippen molar-refractivity contribution in [3.8, 4) is 17.0 Å². The molecule has 0 aliphatic carbocycles. The van der Waals surface area contributed by atoms with Crippen LogP contribution in [0.3, 0.4) is 0 Å². The van der Waals surface area contributed by atoms with Crippen LogP contribution in [-0.2, 0) is 22.5 Å². The predicted octanol–water partition coefficient (Wildman–Crippen LogP) is 3.85. The summed E-state index contributed by atoms with van der Waals surface area (Å²) in [5, 5.41) is 9.70. The summed E-state index contributed by atoms with van der Waals surface area (Å²) in [4.78, 5) is 18.8. The standard InChI is InChI=1S/C22H28N2O3/c1-15-11-17(5-6-20(15)25)19-12-16-7-9-24(14-18(16)13-23-19)10-8-21(26)27-22(2,3)4/h5-6,11-13,25H,7-10,14H2,1-4H3. The van der Waals surface area contributed by atoms with Crippen molar-refractivity contribution in [1.29, 1.82) is 0 Å². The highest BCUT2D eigenvalue weighted by molar-refractivity contribution is 5.70. The zero-order chi connectivity index (χ0) is 19.6. The van der Waals surface area contributed by atoms with Crippen molar-refractivity contribution in [2.45, 2.75) is 52.7 Å². The third-order valence-electron chi connectivity index (χ3n) is 4.72. The number of aryl methyl sites for hydroxylation is 1. The average molecular weight is 368 g/mol. The van der Waals surface area contributed by atoms with Gasteiger partial charge in [-0.15, -0.1) is 0 Å². The highest BCUT2D eigenvalue weighted by Gasteiger charge is 2.20. The molecule has 0 radical (unpaired) electrons. The summed E-state index contributed by atoms with van der Waals surface area (Å²) < 4.78 is 5.39. The lowest BCUT2D eigenvalue weighted by Crippen LogP contribution is -2.33. The number of carbonyl (C=O) groups is 1. The number of rotatable bonds is 4. The highest BCUT2D eigenvalue weighted by atomic mass is 16.6. The van der Waals surface area contributed by atoms with Gasteiger partial charge < -0.3 is 9.84 Å². The minimum absolute atomic E-state index is 0.149. The van der Waals surface area contributed by atoms with Crippen LogP contribution < -0.4 is 0 Å². The normalized spacial score (nSPS) is 14.7. The molecule has 27 heavy (non-hydrogen) atoms. The quantitative estimate of drug-likeness (QED) is 0.831. The van der Waals surface area contributed by atoms with E-state index in [0.29, 0.717) is 18.7 Å². The first-order chi connectivity index (χ1) is 12.7. The van der Waals surface area contributed by atoms with E-state index in [-0.39, 0.29) is 5.97 Å². The van der Waals surface area contributed by atoms with Gasteiger partial charge in [0.15, 0.2) is 0 Å². The first-order valence-electron chi connectivity index (χ1n) is 9.43. The number of aromatic hydroxyl groups is 1. The van der Waals surface area contributed by atoms with Crippen LogP contribution in [0.4, 0.5) is 0 Å². The van der Waals surface area contributed by atoms with E-state index < -0.39 is 5.60 Å². The molecule has 0 amide bonds. The van der Waals surface area contributed by atoms with Crippen LogP contribution in [0.15, 0.2) is 30.5 Å². The van der Waals surface area contributed by atoms with Crippen molar-refractivity contribution in [2.24, 2.45) is 0 Å². The molecule has 3 rings (SSSR count). The van der Waals surface area contributed by atoms with E-state index in [9.17, 15) is 9.90 Å². The van der Waals surface area contributed by atoms with Gasteiger partial charge in [-0.1, -0.05) is 0 Å². The average Bonchev–Trinajstić information content (AvgIpc) is 2.60. The summed E-state index contributed by atoms with van der Waals surface area (Å²) in [5.41, 5.74) is 4.88. The molecule has 1 N–H and O–H groups in total. The Morgan fingerprint density at radius 1 is 1.26 bits per heavy atom. The second kappa shape index (κ2) is 7.69. The smallest absolute Gasteiger partial charge is 0.307 e. The summed E-state index contributed by atoms with van der Waals surface area (Å²) >= 11 is 0. The van der Waals surface area contributed by atoms with E-state index in [2.05, 4.69) is 16.0 Å². The van der Waals surface area contributed by atoms with E-state index in [0.717, 1.165) is 36.3 Å². The first kappa shape index (κ1) is 19.4. The number of aromatic nitrogens is 1. The number of benzene rings is 1. The first-order valence-corrected chi connectivity index (χ1v) is 9.43. The van der Waals surface area contributed by atoms with Gasteiger partial charge in [-0.25, -0.2) is 0 Å². The maximum absolute atomic E-state index is 11.9. The number of nitrogens with zero attached hydrogens (tertiary/aromatic N) is 2. The molecule has 144 valence electrons. The van der Waals surface area contributed by atoms with Crippen molar-refractivity contribution in [2.75, 3.05) is 13.1 Å². The molecule has 1 aromatic carbocycles. The Bertz CT molecular complexity index is 840. The fourth-order valence-electron chi connectivity index (χ4n) is 3.30. The molecular formula is C22H28N2O3. The van der Waals surface area contributed by atoms with Crippen molar-refractivity contribution < 1.29 is 14.6 Å². The Hall–Kier alpha value is -2.40. The van der Waals surface area contributed by atoms with Crippen LogP contribution in [0.2, 0.25) is 0 Å². The van der Waals surface area contributed by atoms with Gasteiger partial charge in [0.25, 0.3) is 0 Å². The molecule has 1 aliphatic rings. The van der Waals surface area contributed by atoms with Gasteiger partial charge in [0.2, 0.25) is 0 Å². The lowest BCUT2D eigenvalue weighted by Gasteiger charge is -2.29. The third kappa shape index (κ3) is 5.07. The lowest BCUT2D eigenvalue weighted by atomic mass is 9.98. The maximum atomic E-state index is 11.9. The number of hydrogen-bond acceptors (Lipinski definition) is 5. The summed E-state index contributed by atoms with van der Waals surface area (Å²) in [5.74, 6) is 0.154. The Kier molecular flexibility index (Phi) is 5.51. The van der Waals surface area contributed by atoms with E-state index in [1.54, 1.807) is 6.07 Å². The zero-order valence-electron chi connectivity index (χ0n) is 16.6. The van der Waals surface area contributed by atoms with Gasteiger partial charge in [0, 0.05) is 31.4 Å². The molecule has 0 spiro atoms. The van der Waals surface area contributed by atoms with Crippen molar-refractivity contribution in [3.05, 3.63) is 47.2 Å². The van der Waals surface area contributed by atoms with Crippen LogP contribution in [0.25, 0.3) is 11.3 Å². The second-order valence-electron chi connectivity index (χ2n) is 8.20. The third-order valence-corrected chi connectivity index (χ3v) is 4.72. The Morgan fingerprint density at radius 3 is 2.74 bits per heavy atom. The van der Waals surface area contributed by atoms with Crippen LogP contribution >= 0.6 is 0 Å². The molecular weight excluding hydrogens is 340 g/mol. The summed E-state index contributed by atoms with van der Waals surface area (Å²) in [7, 11) is 0. The summed E-state index contributed by atoms with van der Waals surface area (Å²) in [6, 6.07) is 7.71. The van der Waals surface area contributed by atoms with Gasteiger partial charge >= 0.3 is 5.97 Å². The molecule has 2 heterocycles. The number of carbonyl (C=O) groups excluding carboxylic acids is 1. The van der Waals surface area contributed by atoms with Gasteiger partial charge in [-0.3, -0.25) is 14.7 Å². The minimum atomic E-state index is -0.432. The molecule has 0 atom stereocenters. The number of fused-ring (bicyclic) bond motifs is 1. The molecule has 0 saturated heterocycles. The van der Waals surface area contributed by atoms with Crippen molar-refractivity contribution in [3.63, 3.8) is 0 Å². The zero-order valence-corrected chi connectivity index (χ0v) is 16.6. The number of hydrogen-bond donors (Lipinski definition) is 1. The Morgan fingerprint density at radius 2 is 2.04 bits per heavy atom. The van der Waals surface area contributed by atoms with Gasteiger partial charge in [-0.05, 0) is 75.1 Å². The molecule has 1 aromatic heterocycles. The molecule has 2 aromatic rings. The molecule has 0 fully saturated rings. The maximum Gasteiger partial charge on any atom is 0.307 e. The Labute approximate surface area is 161 Å². The fraction of sp³-hybridized carbons (Fsp3) is 0.455. The van der Waals surface area contributed by atoms with Gasteiger partial charge in [0.1, 0.15) is 11.4 Å². The largest absolute Gasteiger partial charge is 0.508 e. The Balaban J connectivity index is 1.64. The van der Waals surface area contributed by atoms with Gasteiger partial charge in [0.05, 0.1) is 12.1 Å².